The first-order valence-electron chi connectivity index (χ1n) is 6.74. The molecular weight excluding hydrogens is 256 g/mol. The van der Waals surface area contributed by atoms with E-state index < -0.39 is 12.1 Å². The molecule has 4 atom stereocenters. The van der Waals surface area contributed by atoms with Crippen LogP contribution in [0.2, 0.25) is 0 Å². The first kappa shape index (κ1) is 13.8. The highest BCUT2D eigenvalue weighted by atomic mass is 35.5. The molecule has 0 aliphatic heterocycles. The van der Waals surface area contributed by atoms with Crippen LogP contribution in [-0.2, 0) is 4.79 Å². The zero-order valence-electron chi connectivity index (χ0n) is 11.3. The molecule has 18 heavy (non-hydrogen) atoms. The summed E-state index contributed by atoms with van der Waals surface area (Å²) in [5, 5.41) is 22.6. The van der Waals surface area contributed by atoms with Crippen molar-refractivity contribution in [3.05, 3.63) is 12.2 Å². The lowest BCUT2D eigenvalue weighted by atomic mass is 9.92. The van der Waals surface area contributed by atoms with E-state index in [9.17, 15) is 9.90 Å². The molecule has 0 amide bonds. The molecule has 0 saturated heterocycles. The Balaban J connectivity index is 2.33. The first-order chi connectivity index (χ1) is 9.06. The second-order valence-corrected chi connectivity index (χ2v) is 5.37. The lowest BCUT2D eigenvalue weighted by molar-refractivity contribution is -0.137. The molecule has 0 heterocycles. The van der Waals surface area contributed by atoms with Crippen LogP contribution in [0.4, 0.5) is 0 Å². The van der Waals surface area contributed by atoms with Crippen LogP contribution in [0, 0.1) is 11.8 Å². The molecule has 1 saturated carbocycles. The summed E-state index contributed by atoms with van der Waals surface area (Å²) in [4.78, 5) is 10.3. The molecule has 0 aromatic heterocycles. The Morgan fingerprint density at radius 3 is 2.89 bits per heavy atom. The minimum atomic E-state index is -0.777. The number of hydrogen-bond donors (Lipinski definition) is 3. The number of halogens is 1. The van der Waals surface area contributed by atoms with Crippen molar-refractivity contribution >= 4 is 17.6 Å². The molecule has 0 unspecified atom stereocenters. The smallest absolute Gasteiger partial charge is 0.303 e. The van der Waals surface area contributed by atoms with Gasteiger partial charge in [0.25, 0.3) is 0 Å². The molecular formula is C13H21ClO4. The Labute approximate surface area is 114 Å². The second kappa shape index (κ2) is 7.77. The van der Waals surface area contributed by atoms with Gasteiger partial charge in [-0.15, -0.1) is 11.6 Å². The number of aliphatic carboxylic acids is 1. The predicted octanol–water partition coefficient (Wildman–Crippen LogP) is 1.78. The van der Waals surface area contributed by atoms with Crippen LogP contribution in [0.3, 0.4) is 0 Å². The zero-order valence-corrected chi connectivity index (χ0v) is 11.1. The summed E-state index contributed by atoms with van der Waals surface area (Å²) in [7, 11) is 0. The van der Waals surface area contributed by atoms with Crippen LogP contribution in [0.5, 0.6) is 0 Å². The van der Waals surface area contributed by atoms with Gasteiger partial charge in [-0.2, -0.15) is 0 Å². The van der Waals surface area contributed by atoms with Crippen molar-refractivity contribution in [3.63, 3.8) is 0 Å². The van der Waals surface area contributed by atoms with Gasteiger partial charge >= 0.3 is 5.97 Å². The SMILES string of the molecule is [2H]OC[C@@H]1[C@@H](CC=CCCCC(=O)O)[C@H](Cl)C[C@H]1O. The highest BCUT2D eigenvalue weighted by Gasteiger charge is 2.40. The molecule has 0 spiro atoms. The van der Waals surface area contributed by atoms with E-state index in [4.69, 9.17) is 18.1 Å². The summed E-state index contributed by atoms with van der Waals surface area (Å²) in [5.74, 6) is -0.762. The topological polar surface area (TPSA) is 77.8 Å². The number of aliphatic hydroxyl groups excluding tert-OH is 2. The van der Waals surface area contributed by atoms with Crippen LogP contribution in [0.15, 0.2) is 12.2 Å². The maximum atomic E-state index is 10.3. The van der Waals surface area contributed by atoms with Crippen LogP contribution >= 0.6 is 11.6 Å². The number of allylic oxidation sites excluding steroid dienone is 2. The van der Waals surface area contributed by atoms with E-state index in [-0.39, 0.29) is 30.2 Å². The van der Waals surface area contributed by atoms with E-state index in [1.807, 2.05) is 12.2 Å². The van der Waals surface area contributed by atoms with E-state index in [1.54, 1.807) is 0 Å². The normalized spacial score (nSPS) is 32.9. The number of rotatable bonds is 8. The maximum absolute atomic E-state index is 10.3. The standard InChI is InChI=1S/C13H21ClO4/c14-11-7-12(16)10(8-15)9(11)5-3-1-2-4-6-13(17)18/h1,3,9-12,15-16H,2,4-8H2,(H,17,18)/t9-,10-,11-,12-/m1/s1/i15D. The van der Waals surface area contributed by atoms with Crippen molar-refractivity contribution in [1.82, 2.24) is 0 Å². The molecule has 0 radical (unpaired) electrons. The minimum absolute atomic E-state index is 0.0938. The highest BCUT2D eigenvalue weighted by Crippen LogP contribution is 2.38. The highest BCUT2D eigenvalue weighted by molar-refractivity contribution is 6.21. The van der Waals surface area contributed by atoms with Gasteiger partial charge in [-0.3, -0.25) is 4.79 Å². The molecule has 1 aliphatic carbocycles. The van der Waals surface area contributed by atoms with Gasteiger partial charge in [-0.05, 0) is 31.6 Å². The molecule has 1 fully saturated rings. The fourth-order valence-electron chi connectivity index (χ4n) is 2.43. The lowest BCUT2D eigenvalue weighted by Gasteiger charge is -2.19. The number of hydrogen-bond acceptors (Lipinski definition) is 3. The second-order valence-electron chi connectivity index (χ2n) is 4.81. The number of alkyl halides is 1. The summed E-state index contributed by atoms with van der Waals surface area (Å²) in [6.07, 6.45) is 6.24. The van der Waals surface area contributed by atoms with Crippen LogP contribution in [0.1, 0.15) is 32.1 Å². The van der Waals surface area contributed by atoms with Crippen LogP contribution in [-0.4, -0.2) is 40.8 Å². The van der Waals surface area contributed by atoms with E-state index in [0.29, 0.717) is 12.8 Å². The largest absolute Gasteiger partial charge is 0.481 e. The van der Waals surface area contributed by atoms with Gasteiger partial charge in [0, 0.05) is 24.3 Å². The quantitative estimate of drug-likeness (QED) is 0.359. The molecule has 5 heteroatoms. The Hall–Kier alpha value is -0.580. The Kier molecular flexibility index (Phi) is 5.97. The van der Waals surface area contributed by atoms with Crippen molar-refractivity contribution < 1.29 is 20.1 Å². The van der Waals surface area contributed by atoms with E-state index >= 15 is 0 Å². The van der Waals surface area contributed by atoms with Gasteiger partial charge in [0.1, 0.15) is 0 Å². The minimum Gasteiger partial charge on any atom is -0.481 e. The summed E-state index contributed by atoms with van der Waals surface area (Å²) in [6, 6.07) is 0. The summed E-state index contributed by atoms with van der Waals surface area (Å²) >= 11 is 6.20. The molecule has 104 valence electrons. The Bertz CT molecular complexity index is 311. The number of carboxylic acids is 1. The molecule has 0 bridgehead atoms. The molecule has 1 aliphatic rings. The third kappa shape index (κ3) is 4.59. The molecule has 4 nitrogen and oxygen atoms in total. The fourth-order valence-corrected chi connectivity index (χ4v) is 2.91. The number of unbranched alkanes of at least 4 members (excludes halogenated alkanes) is 1. The Morgan fingerprint density at radius 2 is 2.22 bits per heavy atom. The van der Waals surface area contributed by atoms with Crippen molar-refractivity contribution in [2.45, 2.75) is 43.6 Å². The number of aliphatic hydroxyl groups is 2. The van der Waals surface area contributed by atoms with E-state index in [0.717, 1.165) is 12.8 Å². The van der Waals surface area contributed by atoms with Gasteiger partial charge in [-0.25, -0.2) is 0 Å². The molecule has 0 aromatic carbocycles. The van der Waals surface area contributed by atoms with Gasteiger partial charge in [0.15, 0.2) is 0 Å². The van der Waals surface area contributed by atoms with Crippen molar-refractivity contribution in [2.75, 3.05) is 6.61 Å². The molecule has 0 aromatic rings. The van der Waals surface area contributed by atoms with Gasteiger partial charge in [0.2, 0.25) is 1.43 Å². The fraction of sp³-hybridized carbons (Fsp3) is 0.769. The lowest BCUT2D eigenvalue weighted by Crippen LogP contribution is -2.23. The molecule has 1 rings (SSSR count). The first-order valence-corrected chi connectivity index (χ1v) is 6.77. The van der Waals surface area contributed by atoms with Crippen LogP contribution < -0.4 is 0 Å². The molecule has 3 N–H and O–H groups in total. The third-order valence-corrected chi connectivity index (χ3v) is 4.01. The van der Waals surface area contributed by atoms with E-state index in [2.05, 4.69) is 5.11 Å². The van der Waals surface area contributed by atoms with Gasteiger partial charge < -0.3 is 15.3 Å². The maximum Gasteiger partial charge on any atom is 0.303 e. The van der Waals surface area contributed by atoms with Gasteiger partial charge in [0.05, 0.1) is 6.10 Å². The number of carbonyl (C=O) groups is 1. The Morgan fingerprint density at radius 1 is 1.44 bits per heavy atom. The van der Waals surface area contributed by atoms with Crippen molar-refractivity contribution in [3.8, 4) is 0 Å². The zero-order chi connectivity index (χ0) is 14.3. The summed E-state index contributed by atoms with van der Waals surface area (Å²) in [5.41, 5.74) is 0. The van der Waals surface area contributed by atoms with Crippen molar-refractivity contribution in [1.29, 1.82) is 1.43 Å². The average molecular weight is 278 g/mol. The van der Waals surface area contributed by atoms with E-state index in [1.165, 1.54) is 0 Å². The summed E-state index contributed by atoms with van der Waals surface area (Å²) < 4.78 is 6.79. The van der Waals surface area contributed by atoms with Crippen LogP contribution in [0.25, 0.3) is 0 Å². The number of carboxylic acid groups (broad SMARTS) is 1. The monoisotopic (exact) mass is 277 g/mol. The van der Waals surface area contributed by atoms with Gasteiger partial charge in [-0.1, -0.05) is 12.2 Å². The average Bonchev–Trinajstić information content (AvgIpc) is 2.60. The summed E-state index contributed by atoms with van der Waals surface area (Å²) in [6.45, 7) is 0.196. The third-order valence-electron chi connectivity index (χ3n) is 3.50. The predicted molar refractivity (Wildman–Crippen MR) is 69.6 cm³/mol. The van der Waals surface area contributed by atoms with Crippen molar-refractivity contribution in [2.24, 2.45) is 11.8 Å².